The smallest absolute Gasteiger partial charge is 0.264 e. The lowest BCUT2D eigenvalue weighted by atomic mass is 10.1. The highest BCUT2D eigenvalue weighted by atomic mass is 32.2. The summed E-state index contributed by atoms with van der Waals surface area (Å²) in [5.74, 6) is 12.2. The van der Waals surface area contributed by atoms with Crippen LogP contribution in [0, 0.1) is 6.92 Å². The van der Waals surface area contributed by atoms with Gasteiger partial charge in [-0.2, -0.15) is 0 Å². The summed E-state index contributed by atoms with van der Waals surface area (Å²) < 4.78 is 0.952. The number of carbonyl (C=O) groups excluding carboxylic acids is 1. The highest BCUT2D eigenvalue weighted by Gasteiger charge is 2.19. The maximum atomic E-state index is 12.2. The molecule has 0 aliphatic heterocycles. The molecule has 0 aliphatic rings. The largest absolute Gasteiger partial charge is 0.352 e. The molecule has 0 unspecified atom stereocenters. The van der Waals surface area contributed by atoms with E-state index in [9.17, 15) is 4.79 Å². The number of aryl methyl sites for hydroxylation is 2. The first-order chi connectivity index (χ1) is 13.4. The first kappa shape index (κ1) is 22.3. The maximum absolute atomic E-state index is 12.2. The molecule has 8 heteroatoms. The van der Waals surface area contributed by atoms with Gasteiger partial charge >= 0.3 is 6.03 Å². The molecule has 28 heavy (non-hydrogen) atoms. The summed E-state index contributed by atoms with van der Waals surface area (Å²) in [6, 6.07) is 13.5. The second-order valence-corrected chi connectivity index (χ2v) is 8.25. The van der Waals surface area contributed by atoms with Crippen LogP contribution in [0.3, 0.4) is 0 Å². The molecule has 0 saturated heterocycles. The van der Waals surface area contributed by atoms with Crippen molar-refractivity contribution in [1.82, 2.24) is 5.01 Å². The molecule has 2 rings (SSSR count). The number of carbonyl (C=O) groups is 1. The van der Waals surface area contributed by atoms with Gasteiger partial charge in [0.05, 0.1) is 11.4 Å². The van der Waals surface area contributed by atoms with Gasteiger partial charge in [-0.25, -0.2) is 26.5 Å². The molecule has 2 aromatic carbocycles. The number of amides is 2. The van der Waals surface area contributed by atoms with Crippen molar-refractivity contribution in [3.05, 3.63) is 59.2 Å². The molecule has 4 N–H and O–H groups in total. The zero-order valence-corrected chi connectivity index (χ0v) is 18.3. The summed E-state index contributed by atoms with van der Waals surface area (Å²) in [5.41, 5.74) is 4.89. The number of nitrogens with two attached hydrogens (primary N) is 2. The number of urea groups is 1. The minimum atomic E-state index is -0.480. The van der Waals surface area contributed by atoms with Gasteiger partial charge in [-0.05, 0) is 54.5 Å². The molecular weight excluding hydrogens is 390 g/mol. The summed E-state index contributed by atoms with van der Waals surface area (Å²) in [7, 11) is 1.47. The summed E-state index contributed by atoms with van der Waals surface area (Å²) in [6.07, 6.45) is 2.99. The Morgan fingerprint density at radius 3 is 2.54 bits per heavy atom. The zero-order chi connectivity index (χ0) is 20.7. The van der Waals surface area contributed by atoms with Crippen molar-refractivity contribution in [2.75, 3.05) is 18.3 Å². The van der Waals surface area contributed by atoms with Gasteiger partial charge in [0.1, 0.15) is 4.38 Å². The van der Waals surface area contributed by atoms with Crippen LogP contribution in [0.4, 0.5) is 16.2 Å². The van der Waals surface area contributed by atoms with E-state index in [-0.39, 0.29) is 0 Å². The van der Waals surface area contributed by atoms with Gasteiger partial charge < -0.3 is 0 Å². The van der Waals surface area contributed by atoms with Gasteiger partial charge in [-0.3, -0.25) is 5.01 Å². The van der Waals surface area contributed by atoms with E-state index in [1.807, 2.05) is 43.5 Å². The number of hydrazine groups is 2. The molecule has 0 aromatic heterocycles. The number of hydrogen-bond acceptors (Lipinski definition) is 6. The van der Waals surface area contributed by atoms with E-state index in [0.29, 0.717) is 11.4 Å². The van der Waals surface area contributed by atoms with E-state index < -0.39 is 6.03 Å². The zero-order valence-electron chi connectivity index (χ0n) is 16.7. The number of thioether (sulfide) groups is 2. The van der Waals surface area contributed by atoms with E-state index in [1.165, 1.54) is 12.6 Å². The molecule has 2 aromatic rings. The number of rotatable bonds is 5. The molecule has 0 aliphatic carbocycles. The van der Waals surface area contributed by atoms with E-state index >= 15 is 0 Å². The van der Waals surface area contributed by atoms with Crippen LogP contribution in [-0.4, -0.2) is 28.7 Å². The second kappa shape index (κ2) is 10.5. The molecule has 150 valence electrons. The summed E-state index contributed by atoms with van der Waals surface area (Å²) >= 11 is 3.23. The van der Waals surface area contributed by atoms with Crippen LogP contribution in [0.2, 0.25) is 0 Å². The van der Waals surface area contributed by atoms with E-state index in [0.717, 1.165) is 37.6 Å². The number of hydrogen-bond donors (Lipinski definition) is 2. The minimum absolute atomic E-state index is 0.480. The Bertz CT molecular complexity index is 854. The lowest BCUT2D eigenvalue weighted by Crippen LogP contribution is -2.49. The lowest BCUT2D eigenvalue weighted by molar-refractivity contribution is 0.216. The predicted molar refractivity (Wildman–Crippen MR) is 123 cm³/mol. The van der Waals surface area contributed by atoms with Crippen LogP contribution in [0.1, 0.15) is 23.6 Å². The minimum Gasteiger partial charge on any atom is -0.264 e. The maximum Gasteiger partial charge on any atom is 0.352 e. The van der Waals surface area contributed by atoms with Crippen molar-refractivity contribution >= 4 is 45.3 Å². The van der Waals surface area contributed by atoms with Crippen LogP contribution in [0.25, 0.3) is 0 Å². The van der Waals surface area contributed by atoms with Crippen LogP contribution < -0.4 is 16.7 Å². The van der Waals surface area contributed by atoms with Crippen molar-refractivity contribution in [3.63, 3.8) is 0 Å². The number of benzene rings is 2. The van der Waals surface area contributed by atoms with E-state index in [1.54, 1.807) is 23.5 Å². The van der Waals surface area contributed by atoms with Crippen LogP contribution in [0.15, 0.2) is 47.5 Å². The van der Waals surface area contributed by atoms with Crippen molar-refractivity contribution < 1.29 is 4.79 Å². The van der Waals surface area contributed by atoms with E-state index in [2.05, 4.69) is 19.1 Å². The number of anilines is 1. The molecule has 6 nitrogen and oxygen atoms in total. The molecule has 0 spiro atoms. The number of nitrogens with zero attached hydrogens (tertiary/aromatic N) is 3. The molecule has 0 saturated carbocycles. The van der Waals surface area contributed by atoms with Gasteiger partial charge in [-0.1, -0.05) is 43.0 Å². The topological polar surface area (TPSA) is 88.0 Å². The average molecular weight is 418 g/mol. The van der Waals surface area contributed by atoms with Crippen molar-refractivity contribution in [3.8, 4) is 0 Å². The summed E-state index contributed by atoms with van der Waals surface area (Å²) in [5, 5.41) is 2.05. The van der Waals surface area contributed by atoms with Crippen LogP contribution in [0.5, 0.6) is 0 Å². The van der Waals surface area contributed by atoms with Gasteiger partial charge in [0, 0.05) is 12.8 Å². The third-order valence-electron chi connectivity index (χ3n) is 4.21. The summed E-state index contributed by atoms with van der Waals surface area (Å²) in [4.78, 5) is 16.9. The van der Waals surface area contributed by atoms with Crippen LogP contribution >= 0.6 is 23.5 Å². The highest BCUT2D eigenvalue weighted by Crippen LogP contribution is 2.30. The molecule has 0 heterocycles. The predicted octanol–water partition coefficient (Wildman–Crippen LogP) is 4.45. The quantitative estimate of drug-likeness (QED) is 0.247. The lowest BCUT2D eigenvalue weighted by Gasteiger charge is -2.24. The Labute approximate surface area is 175 Å². The molecular formula is C20H27N5OS2. The van der Waals surface area contributed by atoms with Crippen LogP contribution in [-0.2, 0) is 12.2 Å². The molecule has 0 atom stereocenters. The fourth-order valence-electron chi connectivity index (χ4n) is 2.60. The normalized spacial score (nSPS) is 11.4. The van der Waals surface area contributed by atoms with Gasteiger partial charge in [0.2, 0.25) is 0 Å². The van der Waals surface area contributed by atoms with Crippen molar-refractivity contribution in [2.45, 2.75) is 26.0 Å². The first-order valence-corrected chi connectivity index (χ1v) is 11.1. The van der Waals surface area contributed by atoms with Gasteiger partial charge in [-0.15, -0.1) is 11.8 Å². The molecule has 0 fully saturated rings. The monoisotopic (exact) mass is 417 g/mol. The average Bonchev–Trinajstić information content (AvgIpc) is 2.70. The van der Waals surface area contributed by atoms with Gasteiger partial charge in [0.15, 0.2) is 0 Å². The number of aliphatic imine (C=N–C) groups is 1. The fourth-order valence-corrected chi connectivity index (χ4v) is 4.25. The van der Waals surface area contributed by atoms with Crippen molar-refractivity contribution in [2.24, 2.45) is 16.7 Å². The molecule has 0 radical (unpaired) electrons. The second-order valence-electron chi connectivity index (χ2n) is 6.23. The van der Waals surface area contributed by atoms with Crippen molar-refractivity contribution in [1.29, 1.82) is 0 Å². The third kappa shape index (κ3) is 5.75. The Balaban J connectivity index is 2.24. The Kier molecular flexibility index (Phi) is 8.37. The third-order valence-corrected chi connectivity index (χ3v) is 6.27. The SMILES string of the molecule is CCc1cccc(/N=C(/SC)SCc2c(C)cccc2N(N)C(=O)N(C)N)c1. The standard InChI is InChI=1S/C20H27N5OS2/c1-5-15-9-7-10-16(12-15)23-19(27-4)28-13-17-14(2)8-6-11-18(17)25(22)20(26)24(3)21/h6-12H,5,13,21-22H2,1-4H3/b23-19-. The Morgan fingerprint density at radius 1 is 1.18 bits per heavy atom. The van der Waals surface area contributed by atoms with E-state index in [4.69, 9.17) is 16.7 Å². The Morgan fingerprint density at radius 2 is 1.89 bits per heavy atom. The first-order valence-electron chi connectivity index (χ1n) is 8.87. The summed E-state index contributed by atoms with van der Waals surface area (Å²) in [6.45, 7) is 4.13. The Hall–Kier alpha value is -2.00. The molecule has 2 amide bonds. The highest BCUT2D eigenvalue weighted by molar-refractivity contribution is 8.38. The van der Waals surface area contributed by atoms with Gasteiger partial charge in [0.25, 0.3) is 0 Å². The fraction of sp³-hybridized carbons (Fsp3) is 0.300. The molecule has 0 bridgehead atoms.